The number of nitrogens with zero attached hydrogens (tertiary/aromatic N) is 3. The number of carbonyl (C=O) groups excluding carboxylic acids is 2. The van der Waals surface area contributed by atoms with E-state index in [0.29, 0.717) is 22.5 Å². The number of halogens is 2. The van der Waals surface area contributed by atoms with E-state index in [4.69, 9.17) is 28.2 Å². The van der Waals surface area contributed by atoms with Crippen LogP contribution >= 0.6 is 23.2 Å². The van der Waals surface area contributed by atoms with Crippen LogP contribution in [0.25, 0.3) is 16.9 Å². The monoisotopic (exact) mass is 546 g/mol. The third-order valence-corrected chi connectivity index (χ3v) is 7.14. The summed E-state index contributed by atoms with van der Waals surface area (Å²) in [6, 6.07) is 22.8. The van der Waals surface area contributed by atoms with Crippen LogP contribution in [-0.2, 0) is 4.79 Å². The Labute approximate surface area is 232 Å². The molecule has 194 valence electrons. The third-order valence-electron chi connectivity index (χ3n) is 6.59. The molecule has 4 aromatic rings. The number of hydrogen-bond acceptors (Lipinski definition) is 3. The van der Waals surface area contributed by atoms with Gasteiger partial charge in [0.15, 0.2) is 0 Å². The van der Waals surface area contributed by atoms with Gasteiger partial charge in [0.25, 0.3) is 5.91 Å². The molecular weight excluding hydrogens is 519 g/mol. The molecule has 0 aliphatic heterocycles. The first-order chi connectivity index (χ1) is 18.3. The Morgan fingerprint density at radius 1 is 1.03 bits per heavy atom. The molecule has 8 heteroatoms. The van der Waals surface area contributed by atoms with Crippen molar-refractivity contribution in [2.24, 2.45) is 0 Å². The second-order valence-corrected chi connectivity index (χ2v) is 10.6. The van der Waals surface area contributed by atoms with Gasteiger partial charge in [-0.15, -0.1) is 0 Å². The zero-order valence-corrected chi connectivity index (χ0v) is 22.7. The number of nitrogens with one attached hydrogen (secondary N) is 1. The van der Waals surface area contributed by atoms with Gasteiger partial charge in [0.2, 0.25) is 11.9 Å². The molecule has 1 fully saturated rings. The molecule has 6 nitrogen and oxygen atoms in total. The molecule has 1 saturated carbocycles. The topological polar surface area (TPSA) is 67.2 Å². The van der Waals surface area contributed by atoms with Crippen molar-refractivity contribution < 1.29 is 9.59 Å². The Kier molecular flexibility index (Phi) is 7.54. The van der Waals surface area contributed by atoms with E-state index in [2.05, 4.69) is 31.3 Å². The summed E-state index contributed by atoms with van der Waals surface area (Å²) in [7, 11) is 0. The van der Waals surface area contributed by atoms with Crippen LogP contribution in [0.5, 0.6) is 0 Å². The second kappa shape index (κ2) is 11.0. The van der Waals surface area contributed by atoms with Gasteiger partial charge in [-0.1, -0.05) is 79.5 Å². The molecule has 0 atom stereocenters. The Morgan fingerprint density at radius 2 is 1.74 bits per heavy atom. The molecule has 5 rings (SSSR count). The summed E-state index contributed by atoms with van der Waals surface area (Å²) in [6.07, 6.45) is 3.60. The summed E-state index contributed by atoms with van der Waals surface area (Å²) < 4.78 is 1.86. The zero-order chi connectivity index (χ0) is 26.8. The van der Waals surface area contributed by atoms with E-state index in [1.54, 1.807) is 17.0 Å². The van der Waals surface area contributed by atoms with E-state index in [1.807, 2.05) is 53.2 Å². The minimum atomic E-state index is -0.333. The van der Waals surface area contributed by atoms with Crippen LogP contribution < -0.4 is 5.32 Å². The summed E-state index contributed by atoms with van der Waals surface area (Å²) in [6.45, 7) is 4.19. The lowest BCUT2D eigenvalue weighted by molar-refractivity contribution is -0.117. The van der Waals surface area contributed by atoms with Crippen LogP contribution in [0.4, 0.5) is 5.95 Å². The van der Waals surface area contributed by atoms with Crippen LogP contribution in [0.3, 0.4) is 0 Å². The molecule has 0 radical (unpaired) electrons. The Bertz CT molecular complexity index is 1460. The molecule has 1 aliphatic rings. The van der Waals surface area contributed by atoms with Crippen LogP contribution in [0.1, 0.15) is 48.5 Å². The largest absolute Gasteiger partial charge is 0.326 e. The fourth-order valence-electron chi connectivity index (χ4n) is 4.32. The van der Waals surface area contributed by atoms with Crippen LogP contribution in [-0.4, -0.2) is 38.9 Å². The Morgan fingerprint density at radius 3 is 2.37 bits per heavy atom. The van der Waals surface area contributed by atoms with Gasteiger partial charge < -0.3 is 4.90 Å². The number of anilines is 1. The van der Waals surface area contributed by atoms with Gasteiger partial charge >= 0.3 is 0 Å². The van der Waals surface area contributed by atoms with E-state index < -0.39 is 0 Å². The smallest absolute Gasteiger partial charge is 0.256 e. The molecule has 0 bridgehead atoms. The number of rotatable bonds is 8. The van der Waals surface area contributed by atoms with Gasteiger partial charge in [0.1, 0.15) is 6.54 Å². The first-order valence-corrected chi connectivity index (χ1v) is 13.4. The van der Waals surface area contributed by atoms with Crippen molar-refractivity contribution in [2.75, 3.05) is 11.9 Å². The maximum Gasteiger partial charge on any atom is 0.256 e. The predicted molar refractivity (Wildman–Crippen MR) is 152 cm³/mol. The van der Waals surface area contributed by atoms with Crippen LogP contribution in [0, 0.1) is 0 Å². The molecule has 1 N–H and O–H groups in total. The molecule has 0 spiro atoms. The molecule has 0 saturated heterocycles. The maximum absolute atomic E-state index is 13.3. The van der Waals surface area contributed by atoms with E-state index in [-0.39, 0.29) is 29.4 Å². The van der Waals surface area contributed by atoms with Crippen molar-refractivity contribution in [3.8, 4) is 16.9 Å². The van der Waals surface area contributed by atoms with Gasteiger partial charge in [0, 0.05) is 28.5 Å². The number of hydrogen-bond donors (Lipinski definition) is 1. The minimum absolute atomic E-state index is 0.00296. The van der Waals surface area contributed by atoms with Crippen molar-refractivity contribution in [3.63, 3.8) is 0 Å². The minimum Gasteiger partial charge on any atom is -0.326 e. The lowest BCUT2D eigenvalue weighted by atomic mass is 10.0. The molecule has 0 unspecified atom stereocenters. The van der Waals surface area contributed by atoms with Crippen molar-refractivity contribution in [1.29, 1.82) is 0 Å². The molecule has 1 aliphatic carbocycles. The van der Waals surface area contributed by atoms with Gasteiger partial charge in [-0.2, -0.15) is 0 Å². The van der Waals surface area contributed by atoms with Gasteiger partial charge in [-0.25, -0.2) is 4.98 Å². The maximum atomic E-state index is 13.3. The Balaban J connectivity index is 1.42. The lowest BCUT2D eigenvalue weighted by Crippen LogP contribution is -2.40. The fraction of sp³-hybridized carbons (Fsp3) is 0.233. The summed E-state index contributed by atoms with van der Waals surface area (Å²) in [5.74, 6) is 0.173. The molecule has 3 aromatic carbocycles. The SMILES string of the molecule is CC(C)c1ccc(-n2cc(-c3ccccc3)nc2NC(=O)CN(C(=O)c2ccc(Cl)cc2Cl)C2CC2)cc1. The number of benzene rings is 3. The van der Waals surface area contributed by atoms with Crippen LogP contribution in [0.15, 0.2) is 79.0 Å². The van der Waals surface area contributed by atoms with Gasteiger partial charge in [0.05, 0.1) is 16.3 Å². The number of amides is 2. The highest BCUT2D eigenvalue weighted by Crippen LogP contribution is 2.31. The average Bonchev–Trinajstić information content (AvgIpc) is 3.67. The Hall–Kier alpha value is -3.61. The fourth-order valence-corrected chi connectivity index (χ4v) is 4.81. The van der Waals surface area contributed by atoms with Crippen LogP contribution in [0.2, 0.25) is 10.0 Å². The van der Waals surface area contributed by atoms with Crippen molar-refractivity contribution in [2.45, 2.75) is 38.6 Å². The lowest BCUT2D eigenvalue weighted by Gasteiger charge is -2.22. The number of imidazole rings is 1. The molecule has 2 amide bonds. The third kappa shape index (κ3) is 5.77. The standard InChI is InChI=1S/C30H28Cl2N4O2/c1-19(2)20-8-11-24(12-9-20)36-17-27(21-6-4-3-5-7-21)33-30(36)34-28(37)18-35(23-13-14-23)29(38)25-15-10-22(31)16-26(25)32/h3-12,15-17,19,23H,13-14,18H2,1-2H3,(H,33,34,37). The van der Waals surface area contributed by atoms with E-state index in [0.717, 1.165) is 29.8 Å². The van der Waals surface area contributed by atoms with Crippen molar-refractivity contribution in [3.05, 3.63) is 100 Å². The summed E-state index contributed by atoms with van der Waals surface area (Å²) >= 11 is 12.3. The van der Waals surface area contributed by atoms with E-state index in [9.17, 15) is 9.59 Å². The summed E-state index contributed by atoms with van der Waals surface area (Å²) in [5.41, 5.74) is 4.10. The van der Waals surface area contributed by atoms with E-state index in [1.165, 1.54) is 11.6 Å². The average molecular weight is 547 g/mol. The highest BCUT2D eigenvalue weighted by molar-refractivity contribution is 6.36. The number of carbonyl (C=O) groups is 2. The first-order valence-electron chi connectivity index (χ1n) is 12.6. The van der Waals surface area contributed by atoms with Gasteiger partial charge in [-0.3, -0.25) is 19.5 Å². The highest BCUT2D eigenvalue weighted by Gasteiger charge is 2.35. The molecule has 1 heterocycles. The van der Waals surface area contributed by atoms with Crippen molar-refractivity contribution >= 4 is 41.0 Å². The zero-order valence-electron chi connectivity index (χ0n) is 21.2. The first kappa shape index (κ1) is 26.0. The second-order valence-electron chi connectivity index (χ2n) is 9.77. The summed E-state index contributed by atoms with van der Waals surface area (Å²) in [5, 5.41) is 3.66. The molecular formula is C30H28Cl2N4O2. The predicted octanol–water partition coefficient (Wildman–Crippen LogP) is 7.21. The van der Waals surface area contributed by atoms with Gasteiger partial charge in [-0.05, 0) is 54.7 Å². The van der Waals surface area contributed by atoms with E-state index >= 15 is 0 Å². The number of aromatic nitrogens is 2. The molecule has 1 aromatic heterocycles. The highest BCUT2D eigenvalue weighted by atomic mass is 35.5. The quantitative estimate of drug-likeness (QED) is 0.254. The molecule has 38 heavy (non-hydrogen) atoms. The normalized spacial score (nSPS) is 13.0. The summed E-state index contributed by atoms with van der Waals surface area (Å²) in [4.78, 5) is 32.9. The van der Waals surface area contributed by atoms with Crippen molar-refractivity contribution in [1.82, 2.24) is 14.5 Å².